The summed E-state index contributed by atoms with van der Waals surface area (Å²) in [6.45, 7) is 2.99. The van der Waals surface area contributed by atoms with E-state index in [9.17, 15) is 29.1 Å². The molecule has 1 rings (SSSR count). The molecule has 0 bridgehead atoms. The highest BCUT2D eigenvalue weighted by Crippen LogP contribution is 2.19. The van der Waals surface area contributed by atoms with Crippen LogP contribution in [0.1, 0.15) is 33.1 Å². The average Bonchev–Trinajstić information content (AvgIpc) is 3.08. The zero-order valence-corrected chi connectivity index (χ0v) is 15.8. The standard InChI is InChI=1S/C16H27N5O7/c1-7(19-14(25)12(18)8(2)22)15(26)21-5-3-4-10(21)13(24)20-9(16(27)28)6-11(17)23/h7-10,12,22H,3-6,18H2,1-2H3,(H2,17,23)(H,19,25)(H,20,24)(H,27,28). The molecule has 1 fully saturated rings. The predicted molar refractivity (Wildman–Crippen MR) is 95.4 cm³/mol. The van der Waals surface area contributed by atoms with E-state index >= 15 is 0 Å². The molecule has 4 amide bonds. The van der Waals surface area contributed by atoms with Gasteiger partial charge in [-0.15, -0.1) is 0 Å². The Labute approximate surface area is 161 Å². The molecule has 1 aliphatic rings. The number of carboxylic acids is 1. The minimum Gasteiger partial charge on any atom is -0.480 e. The molecule has 12 nitrogen and oxygen atoms in total. The van der Waals surface area contributed by atoms with Gasteiger partial charge in [0.05, 0.1) is 12.5 Å². The first-order valence-electron chi connectivity index (χ1n) is 8.81. The van der Waals surface area contributed by atoms with Crippen molar-refractivity contribution in [2.45, 2.75) is 63.4 Å². The Morgan fingerprint density at radius 1 is 1.18 bits per heavy atom. The van der Waals surface area contributed by atoms with Gasteiger partial charge in [-0.2, -0.15) is 0 Å². The van der Waals surface area contributed by atoms with Crippen LogP contribution in [-0.4, -0.2) is 81.5 Å². The van der Waals surface area contributed by atoms with Crippen molar-refractivity contribution in [2.75, 3.05) is 6.54 Å². The lowest BCUT2D eigenvalue weighted by molar-refractivity contribution is -0.145. The number of rotatable bonds is 9. The number of hydrogen-bond donors (Lipinski definition) is 6. The molecule has 0 radical (unpaired) electrons. The van der Waals surface area contributed by atoms with E-state index in [1.165, 1.54) is 18.7 Å². The van der Waals surface area contributed by atoms with E-state index in [1.807, 2.05) is 0 Å². The third kappa shape index (κ3) is 6.16. The second-order valence-electron chi connectivity index (χ2n) is 6.76. The Hall–Kier alpha value is -2.73. The number of amides is 4. The Balaban J connectivity index is 2.78. The minimum atomic E-state index is -1.50. The molecule has 0 aromatic rings. The maximum Gasteiger partial charge on any atom is 0.326 e. The highest BCUT2D eigenvalue weighted by atomic mass is 16.4. The van der Waals surface area contributed by atoms with Crippen LogP contribution in [0.15, 0.2) is 0 Å². The van der Waals surface area contributed by atoms with Gasteiger partial charge < -0.3 is 37.2 Å². The number of hydrogen-bond acceptors (Lipinski definition) is 7. The third-order valence-corrected chi connectivity index (χ3v) is 4.41. The summed E-state index contributed by atoms with van der Waals surface area (Å²) < 4.78 is 0. The minimum absolute atomic E-state index is 0.243. The Morgan fingerprint density at radius 2 is 1.79 bits per heavy atom. The van der Waals surface area contributed by atoms with E-state index in [1.54, 1.807) is 0 Å². The number of carbonyl (C=O) groups excluding carboxylic acids is 4. The topological polar surface area (TPSA) is 205 Å². The van der Waals surface area contributed by atoms with Gasteiger partial charge in [0.2, 0.25) is 23.6 Å². The lowest BCUT2D eigenvalue weighted by Crippen LogP contribution is -2.57. The number of aliphatic hydroxyl groups excluding tert-OH is 1. The van der Waals surface area contributed by atoms with Gasteiger partial charge in [0.1, 0.15) is 24.2 Å². The van der Waals surface area contributed by atoms with E-state index in [2.05, 4.69) is 10.6 Å². The number of aliphatic hydroxyl groups is 1. The Morgan fingerprint density at radius 3 is 2.29 bits per heavy atom. The van der Waals surface area contributed by atoms with Gasteiger partial charge in [0.15, 0.2) is 0 Å². The number of nitrogens with two attached hydrogens (primary N) is 2. The quantitative estimate of drug-likeness (QED) is 0.229. The lowest BCUT2D eigenvalue weighted by atomic mass is 10.1. The maximum atomic E-state index is 12.6. The van der Waals surface area contributed by atoms with Crippen molar-refractivity contribution in [3.63, 3.8) is 0 Å². The van der Waals surface area contributed by atoms with E-state index in [0.29, 0.717) is 12.8 Å². The number of likely N-dealkylation sites (tertiary alicyclic amines) is 1. The summed E-state index contributed by atoms with van der Waals surface area (Å²) in [5.41, 5.74) is 10.5. The fraction of sp³-hybridized carbons (Fsp3) is 0.688. The molecule has 8 N–H and O–H groups in total. The molecule has 158 valence electrons. The van der Waals surface area contributed by atoms with Gasteiger partial charge >= 0.3 is 5.97 Å². The summed E-state index contributed by atoms with van der Waals surface area (Å²) in [6.07, 6.45) is -0.879. The van der Waals surface area contributed by atoms with Gasteiger partial charge in [-0.1, -0.05) is 0 Å². The van der Waals surface area contributed by atoms with E-state index in [-0.39, 0.29) is 6.54 Å². The first-order valence-corrected chi connectivity index (χ1v) is 8.81. The molecule has 5 atom stereocenters. The summed E-state index contributed by atoms with van der Waals surface area (Å²) >= 11 is 0. The SMILES string of the molecule is CC(NC(=O)C(N)C(C)O)C(=O)N1CCCC1C(=O)NC(CC(N)=O)C(=O)O. The molecule has 28 heavy (non-hydrogen) atoms. The second-order valence-corrected chi connectivity index (χ2v) is 6.76. The highest BCUT2D eigenvalue weighted by molar-refractivity contribution is 5.95. The summed E-state index contributed by atoms with van der Waals surface area (Å²) in [7, 11) is 0. The van der Waals surface area contributed by atoms with Crippen LogP contribution in [0.4, 0.5) is 0 Å². The van der Waals surface area contributed by atoms with Crippen LogP contribution in [0, 0.1) is 0 Å². The number of nitrogens with zero attached hydrogens (tertiary/aromatic N) is 1. The van der Waals surface area contributed by atoms with Gasteiger partial charge in [-0.05, 0) is 26.7 Å². The normalized spacial score (nSPS) is 20.6. The number of carboxylic acid groups (broad SMARTS) is 1. The lowest BCUT2D eigenvalue weighted by Gasteiger charge is -2.28. The molecule has 0 aromatic heterocycles. The highest BCUT2D eigenvalue weighted by Gasteiger charge is 2.38. The largest absolute Gasteiger partial charge is 0.480 e. The molecule has 0 aromatic carbocycles. The van der Waals surface area contributed by atoms with Crippen molar-refractivity contribution in [1.82, 2.24) is 15.5 Å². The first kappa shape index (κ1) is 23.3. The Kier molecular flexibility index (Phi) is 8.32. The molecule has 1 heterocycles. The van der Waals surface area contributed by atoms with Crippen LogP contribution in [0.3, 0.4) is 0 Å². The molecule has 1 saturated heterocycles. The zero-order valence-electron chi connectivity index (χ0n) is 15.8. The molecular formula is C16H27N5O7. The summed E-state index contributed by atoms with van der Waals surface area (Å²) in [5.74, 6) is -4.30. The fourth-order valence-corrected chi connectivity index (χ4v) is 2.81. The Bertz CT molecular complexity index is 639. The van der Waals surface area contributed by atoms with Crippen LogP contribution in [0.25, 0.3) is 0 Å². The monoisotopic (exact) mass is 401 g/mol. The van der Waals surface area contributed by atoms with Crippen LogP contribution in [0.5, 0.6) is 0 Å². The molecule has 0 spiro atoms. The van der Waals surface area contributed by atoms with Crippen molar-refractivity contribution < 1.29 is 34.2 Å². The summed E-state index contributed by atoms with van der Waals surface area (Å²) in [5, 5.41) is 23.0. The van der Waals surface area contributed by atoms with Crippen molar-refractivity contribution >= 4 is 29.6 Å². The molecule has 5 unspecified atom stereocenters. The predicted octanol–water partition coefficient (Wildman–Crippen LogP) is -3.36. The maximum absolute atomic E-state index is 12.6. The van der Waals surface area contributed by atoms with Crippen molar-refractivity contribution in [1.29, 1.82) is 0 Å². The van der Waals surface area contributed by atoms with Gasteiger partial charge in [0, 0.05) is 6.54 Å². The second kappa shape index (κ2) is 9.99. The molecule has 1 aliphatic heterocycles. The van der Waals surface area contributed by atoms with Crippen LogP contribution < -0.4 is 22.1 Å². The molecule has 0 saturated carbocycles. The first-order chi connectivity index (χ1) is 13.0. The van der Waals surface area contributed by atoms with Crippen LogP contribution >= 0.6 is 0 Å². The average molecular weight is 401 g/mol. The van der Waals surface area contributed by atoms with Gasteiger partial charge in [-0.3, -0.25) is 19.2 Å². The number of primary amides is 1. The van der Waals surface area contributed by atoms with Crippen LogP contribution in [-0.2, 0) is 24.0 Å². The van der Waals surface area contributed by atoms with E-state index in [0.717, 1.165) is 0 Å². The van der Waals surface area contributed by atoms with E-state index < -0.39 is 66.3 Å². The third-order valence-electron chi connectivity index (χ3n) is 4.41. The van der Waals surface area contributed by atoms with Crippen molar-refractivity contribution in [3.05, 3.63) is 0 Å². The molecule has 0 aliphatic carbocycles. The van der Waals surface area contributed by atoms with E-state index in [4.69, 9.17) is 16.6 Å². The van der Waals surface area contributed by atoms with Crippen molar-refractivity contribution in [2.24, 2.45) is 11.5 Å². The molecule has 12 heteroatoms. The number of carbonyl (C=O) groups is 5. The van der Waals surface area contributed by atoms with Gasteiger partial charge in [-0.25, -0.2) is 4.79 Å². The summed E-state index contributed by atoms with van der Waals surface area (Å²) in [6, 6.07) is -4.65. The smallest absolute Gasteiger partial charge is 0.326 e. The van der Waals surface area contributed by atoms with Gasteiger partial charge in [0.25, 0.3) is 0 Å². The zero-order chi connectivity index (χ0) is 21.6. The number of nitrogens with one attached hydrogen (secondary N) is 2. The van der Waals surface area contributed by atoms with Crippen molar-refractivity contribution in [3.8, 4) is 0 Å². The molecular weight excluding hydrogens is 374 g/mol. The summed E-state index contributed by atoms with van der Waals surface area (Å²) in [4.78, 5) is 60.3. The number of aliphatic carboxylic acids is 1. The fourth-order valence-electron chi connectivity index (χ4n) is 2.81. The van der Waals surface area contributed by atoms with Crippen LogP contribution in [0.2, 0.25) is 0 Å².